The minimum Gasteiger partial charge on any atom is -0.497 e. The van der Waals surface area contributed by atoms with E-state index in [1.807, 2.05) is 0 Å². The van der Waals surface area contributed by atoms with Crippen LogP contribution in [0.4, 0.5) is 0 Å². The Morgan fingerprint density at radius 3 is 2.67 bits per heavy atom. The Morgan fingerprint density at radius 2 is 1.90 bits per heavy atom. The molecule has 0 amide bonds. The summed E-state index contributed by atoms with van der Waals surface area (Å²) in [5.74, 6) is 1.86. The van der Waals surface area contributed by atoms with E-state index in [0.717, 1.165) is 11.7 Å². The predicted octanol–water partition coefficient (Wildman–Crippen LogP) is 4.63. The maximum Gasteiger partial charge on any atom is 0.119 e. The van der Waals surface area contributed by atoms with Gasteiger partial charge in [0.25, 0.3) is 0 Å². The Bertz CT molecular complexity index is 465. The number of hydrogen-bond donors (Lipinski definition) is 1. The second-order valence-electron chi connectivity index (χ2n) is 6.86. The lowest BCUT2D eigenvalue weighted by Crippen LogP contribution is -2.38. The molecule has 2 unspecified atom stereocenters. The number of benzene rings is 1. The molecule has 0 saturated heterocycles. The van der Waals surface area contributed by atoms with Crippen LogP contribution in [0.2, 0.25) is 0 Å². The third kappa shape index (κ3) is 3.42. The van der Waals surface area contributed by atoms with Crippen molar-refractivity contribution >= 4 is 0 Å². The Morgan fingerprint density at radius 1 is 1.10 bits per heavy atom. The smallest absolute Gasteiger partial charge is 0.119 e. The minimum atomic E-state index is 0.515. The monoisotopic (exact) mass is 287 g/mol. The van der Waals surface area contributed by atoms with Gasteiger partial charge in [0.15, 0.2) is 0 Å². The van der Waals surface area contributed by atoms with Gasteiger partial charge in [0.05, 0.1) is 7.11 Å². The maximum atomic E-state index is 5.42. The van der Waals surface area contributed by atoms with Crippen LogP contribution >= 0.6 is 0 Å². The van der Waals surface area contributed by atoms with Crippen molar-refractivity contribution in [1.82, 2.24) is 5.32 Å². The molecule has 1 saturated carbocycles. The van der Waals surface area contributed by atoms with Crippen LogP contribution in [0.1, 0.15) is 69.0 Å². The van der Waals surface area contributed by atoms with E-state index in [4.69, 9.17) is 4.74 Å². The van der Waals surface area contributed by atoms with E-state index in [1.54, 1.807) is 7.11 Å². The third-order valence-corrected chi connectivity index (χ3v) is 5.49. The molecule has 0 aromatic heterocycles. The van der Waals surface area contributed by atoms with Crippen molar-refractivity contribution in [3.63, 3.8) is 0 Å². The fourth-order valence-electron chi connectivity index (χ4n) is 4.16. The average molecular weight is 287 g/mol. The van der Waals surface area contributed by atoms with Crippen molar-refractivity contribution in [2.45, 2.75) is 70.4 Å². The van der Waals surface area contributed by atoms with Crippen LogP contribution in [0.25, 0.3) is 0 Å². The molecule has 2 nitrogen and oxygen atoms in total. The van der Waals surface area contributed by atoms with E-state index in [9.17, 15) is 0 Å². The van der Waals surface area contributed by atoms with E-state index < -0.39 is 0 Å². The summed E-state index contributed by atoms with van der Waals surface area (Å²) in [5, 5.41) is 3.94. The maximum absolute atomic E-state index is 5.42. The molecule has 1 fully saturated rings. The van der Waals surface area contributed by atoms with Crippen molar-refractivity contribution in [3.05, 3.63) is 29.3 Å². The SMILES string of the molecule is COc1ccc2c(c1)C(NC(C)C1CCCCC1)CCC2. The van der Waals surface area contributed by atoms with Gasteiger partial charge in [-0.05, 0) is 68.2 Å². The molecule has 2 atom stereocenters. The van der Waals surface area contributed by atoms with Gasteiger partial charge < -0.3 is 10.1 Å². The first-order valence-corrected chi connectivity index (χ1v) is 8.71. The molecule has 0 radical (unpaired) electrons. The molecule has 1 N–H and O–H groups in total. The van der Waals surface area contributed by atoms with Crippen molar-refractivity contribution < 1.29 is 4.74 Å². The normalized spacial score (nSPS) is 24.4. The van der Waals surface area contributed by atoms with Gasteiger partial charge in [-0.15, -0.1) is 0 Å². The van der Waals surface area contributed by atoms with E-state index in [-0.39, 0.29) is 0 Å². The van der Waals surface area contributed by atoms with Crippen LogP contribution in [0.3, 0.4) is 0 Å². The van der Waals surface area contributed by atoms with Gasteiger partial charge in [0.2, 0.25) is 0 Å². The van der Waals surface area contributed by atoms with Crippen molar-refractivity contribution in [2.24, 2.45) is 5.92 Å². The lowest BCUT2D eigenvalue weighted by atomic mass is 9.82. The Kier molecular flexibility index (Phi) is 4.84. The molecule has 2 aliphatic carbocycles. The zero-order valence-corrected chi connectivity index (χ0v) is 13.5. The summed E-state index contributed by atoms with van der Waals surface area (Å²) in [4.78, 5) is 0. The molecule has 2 aliphatic rings. The fraction of sp³-hybridized carbons (Fsp3) is 0.684. The molecular formula is C19H29NO. The first-order chi connectivity index (χ1) is 10.3. The Balaban J connectivity index is 1.71. The molecule has 1 aromatic rings. The highest BCUT2D eigenvalue weighted by molar-refractivity contribution is 5.39. The molecule has 3 rings (SSSR count). The number of aryl methyl sites for hydroxylation is 1. The molecule has 21 heavy (non-hydrogen) atoms. The molecular weight excluding hydrogens is 258 g/mol. The van der Waals surface area contributed by atoms with E-state index in [0.29, 0.717) is 12.1 Å². The summed E-state index contributed by atoms with van der Waals surface area (Å²) in [5.41, 5.74) is 2.98. The number of rotatable bonds is 4. The van der Waals surface area contributed by atoms with Crippen molar-refractivity contribution in [3.8, 4) is 5.75 Å². The first-order valence-electron chi connectivity index (χ1n) is 8.71. The van der Waals surface area contributed by atoms with Gasteiger partial charge in [-0.2, -0.15) is 0 Å². The lowest BCUT2D eigenvalue weighted by Gasteiger charge is -2.34. The van der Waals surface area contributed by atoms with E-state index in [2.05, 4.69) is 30.4 Å². The summed E-state index contributed by atoms with van der Waals surface area (Å²) in [6, 6.07) is 7.76. The summed E-state index contributed by atoms with van der Waals surface area (Å²) in [6.45, 7) is 2.39. The van der Waals surface area contributed by atoms with Gasteiger partial charge >= 0.3 is 0 Å². The first kappa shape index (κ1) is 14.9. The number of methoxy groups -OCH3 is 1. The Labute approximate surface area is 129 Å². The van der Waals surface area contributed by atoms with Crippen LogP contribution in [-0.2, 0) is 6.42 Å². The zero-order chi connectivity index (χ0) is 14.7. The molecule has 116 valence electrons. The van der Waals surface area contributed by atoms with Crippen LogP contribution in [0.15, 0.2) is 18.2 Å². The van der Waals surface area contributed by atoms with Gasteiger partial charge in [-0.25, -0.2) is 0 Å². The molecule has 0 aliphatic heterocycles. The number of fused-ring (bicyclic) bond motifs is 1. The van der Waals surface area contributed by atoms with Gasteiger partial charge in [-0.1, -0.05) is 25.3 Å². The number of nitrogens with one attached hydrogen (secondary N) is 1. The largest absolute Gasteiger partial charge is 0.497 e. The van der Waals surface area contributed by atoms with E-state index >= 15 is 0 Å². The molecule has 0 spiro atoms. The molecule has 2 heteroatoms. The number of ether oxygens (including phenoxy) is 1. The second-order valence-corrected chi connectivity index (χ2v) is 6.86. The standard InChI is InChI=1S/C19H29NO/c1-14(15-7-4-3-5-8-15)20-19-10-6-9-16-11-12-17(21-2)13-18(16)19/h11-15,19-20H,3-10H2,1-2H3. The van der Waals surface area contributed by atoms with Crippen LogP contribution < -0.4 is 10.1 Å². The lowest BCUT2D eigenvalue weighted by molar-refractivity contribution is 0.256. The zero-order valence-electron chi connectivity index (χ0n) is 13.5. The van der Waals surface area contributed by atoms with Gasteiger partial charge in [0.1, 0.15) is 5.75 Å². The quantitative estimate of drug-likeness (QED) is 0.871. The van der Waals surface area contributed by atoms with Crippen molar-refractivity contribution in [1.29, 1.82) is 0 Å². The summed E-state index contributed by atoms with van der Waals surface area (Å²) < 4.78 is 5.42. The highest BCUT2D eigenvalue weighted by atomic mass is 16.5. The van der Waals surface area contributed by atoms with Crippen LogP contribution in [-0.4, -0.2) is 13.2 Å². The summed E-state index contributed by atoms with van der Waals surface area (Å²) in [7, 11) is 1.76. The van der Waals surface area contributed by atoms with Crippen molar-refractivity contribution in [2.75, 3.05) is 7.11 Å². The average Bonchev–Trinajstić information content (AvgIpc) is 2.55. The number of hydrogen-bond acceptors (Lipinski definition) is 2. The molecule has 1 aromatic carbocycles. The minimum absolute atomic E-state index is 0.515. The third-order valence-electron chi connectivity index (χ3n) is 5.49. The summed E-state index contributed by atoms with van der Waals surface area (Å²) in [6.07, 6.45) is 10.9. The van der Waals surface area contributed by atoms with Crippen LogP contribution in [0, 0.1) is 5.92 Å². The Hall–Kier alpha value is -1.02. The van der Waals surface area contributed by atoms with Gasteiger partial charge in [-0.3, -0.25) is 0 Å². The highest BCUT2D eigenvalue weighted by Gasteiger charge is 2.26. The topological polar surface area (TPSA) is 21.3 Å². The molecule has 0 bridgehead atoms. The van der Waals surface area contributed by atoms with E-state index in [1.165, 1.54) is 62.5 Å². The fourth-order valence-corrected chi connectivity index (χ4v) is 4.16. The highest BCUT2D eigenvalue weighted by Crippen LogP contribution is 2.34. The second kappa shape index (κ2) is 6.83. The van der Waals surface area contributed by atoms with Crippen LogP contribution in [0.5, 0.6) is 5.75 Å². The summed E-state index contributed by atoms with van der Waals surface area (Å²) >= 11 is 0. The van der Waals surface area contributed by atoms with Gasteiger partial charge in [0, 0.05) is 12.1 Å². The molecule has 0 heterocycles. The predicted molar refractivity (Wildman–Crippen MR) is 87.8 cm³/mol.